The summed E-state index contributed by atoms with van der Waals surface area (Å²) >= 11 is 0. The van der Waals surface area contributed by atoms with Crippen LogP contribution in [0.1, 0.15) is 32.3 Å². The summed E-state index contributed by atoms with van der Waals surface area (Å²) in [4.78, 5) is 24.9. The molecule has 0 aliphatic rings. The first kappa shape index (κ1) is 21.1. The SMILES string of the molecule is CNS(=O)(=O)c1ccc(CCC(=O)N(CCC(=O)O)CC(C)C)cc1. The molecule has 2 N–H and O–H groups in total. The van der Waals surface area contributed by atoms with Gasteiger partial charge in [0.15, 0.2) is 0 Å². The van der Waals surface area contributed by atoms with Gasteiger partial charge < -0.3 is 10.0 Å². The molecule has 25 heavy (non-hydrogen) atoms. The van der Waals surface area contributed by atoms with Crippen LogP contribution >= 0.6 is 0 Å². The third kappa shape index (κ3) is 7.23. The van der Waals surface area contributed by atoms with Crippen LogP contribution in [0.3, 0.4) is 0 Å². The van der Waals surface area contributed by atoms with Gasteiger partial charge in [-0.25, -0.2) is 13.1 Å². The number of sulfonamides is 1. The zero-order valence-corrected chi connectivity index (χ0v) is 15.7. The third-order valence-electron chi connectivity index (χ3n) is 3.66. The van der Waals surface area contributed by atoms with E-state index in [1.165, 1.54) is 19.2 Å². The molecule has 0 saturated heterocycles. The molecular formula is C17H26N2O5S. The van der Waals surface area contributed by atoms with E-state index >= 15 is 0 Å². The fourth-order valence-corrected chi connectivity index (χ4v) is 3.08. The minimum absolute atomic E-state index is 0.0744. The number of nitrogens with zero attached hydrogens (tertiary/aromatic N) is 1. The van der Waals surface area contributed by atoms with Crippen LogP contribution in [0.15, 0.2) is 29.2 Å². The maximum Gasteiger partial charge on any atom is 0.305 e. The van der Waals surface area contributed by atoms with Crippen molar-refractivity contribution >= 4 is 21.9 Å². The molecule has 8 heteroatoms. The van der Waals surface area contributed by atoms with E-state index in [0.29, 0.717) is 13.0 Å². The second kappa shape index (κ2) is 9.53. The van der Waals surface area contributed by atoms with Crippen molar-refractivity contribution in [2.45, 2.75) is 38.0 Å². The number of rotatable bonds is 10. The quantitative estimate of drug-likeness (QED) is 0.649. The molecule has 0 bridgehead atoms. The van der Waals surface area contributed by atoms with Crippen LogP contribution in [0.2, 0.25) is 0 Å². The fraction of sp³-hybridized carbons (Fsp3) is 0.529. The van der Waals surface area contributed by atoms with Crippen LogP contribution in [0.4, 0.5) is 0 Å². The highest BCUT2D eigenvalue weighted by Gasteiger charge is 2.16. The molecule has 140 valence electrons. The Bertz CT molecular complexity index is 683. The first-order chi connectivity index (χ1) is 11.7. The lowest BCUT2D eigenvalue weighted by molar-refractivity contribution is -0.138. The van der Waals surface area contributed by atoms with E-state index in [1.54, 1.807) is 17.0 Å². The fourth-order valence-electron chi connectivity index (χ4n) is 2.35. The molecule has 0 aliphatic heterocycles. The summed E-state index contributed by atoms with van der Waals surface area (Å²) in [5.41, 5.74) is 0.853. The highest BCUT2D eigenvalue weighted by atomic mass is 32.2. The Kier molecular flexibility index (Phi) is 8.05. The number of carboxylic acid groups (broad SMARTS) is 1. The van der Waals surface area contributed by atoms with Gasteiger partial charge >= 0.3 is 5.97 Å². The number of amides is 1. The minimum Gasteiger partial charge on any atom is -0.481 e. The zero-order valence-electron chi connectivity index (χ0n) is 14.9. The molecule has 0 spiro atoms. The molecule has 0 heterocycles. The van der Waals surface area contributed by atoms with E-state index in [9.17, 15) is 18.0 Å². The lowest BCUT2D eigenvalue weighted by atomic mass is 10.1. The summed E-state index contributed by atoms with van der Waals surface area (Å²) in [5, 5.41) is 8.81. The van der Waals surface area contributed by atoms with Gasteiger partial charge in [-0.2, -0.15) is 0 Å². The Hall–Kier alpha value is -1.93. The Labute approximate surface area is 149 Å². The van der Waals surface area contributed by atoms with Crippen molar-refractivity contribution in [1.82, 2.24) is 9.62 Å². The molecule has 0 aliphatic carbocycles. The van der Waals surface area contributed by atoms with Crippen molar-refractivity contribution in [2.75, 3.05) is 20.1 Å². The molecular weight excluding hydrogens is 344 g/mol. The number of aliphatic carboxylic acids is 1. The van der Waals surface area contributed by atoms with E-state index < -0.39 is 16.0 Å². The standard InChI is InChI=1S/C17H26N2O5S/c1-13(2)12-19(11-10-17(21)22)16(20)9-6-14-4-7-15(8-5-14)25(23,24)18-3/h4-5,7-8,13,18H,6,9-12H2,1-3H3,(H,21,22). The van der Waals surface area contributed by atoms with Crippen molar-refractivity contribution in [3.05, 3.63) is 29.8 Å². The molecule has 1 rings (SSSR count). The van der Waals surface area contributed by atoms with Crippen LogP contribution in [0.25, 0.3) is 0 Å². The summed E-state index contributed by atoms with van der Waals surface area (Å²) in [7, 11) is -2.12. The largest absolute Gasteiger partial charge is 0.481 e. The maximum absolute atomic E-state index is 12.4. The normalized spacial score (nSPS) is 11.5. The molecule has 1 aromatic rings. The van der Waals surface area contributed by atoms with E-state index in [-0.39, 0.29) is 36.1 Å². The van der Waals surface area contributed by atoms with Gasteiger partial charge in [-0.3, -0.25) is 9.59 Å². The van der Waals surface area contributed by atoms with Gasteiger partial charge in [-0.15, -0.1) is 0 Å². The molecule has 0 saturated carbocycles. The van der Waals surface area contributed by atoms with Gasteiger partial charge in [-0.1, -0.05) is 26.0 Å². The van der Waals surface area contributed by atoms with E-state index in [0.717, 1.165) is 5.56 Å². The number of aryl methyl sites for hydroxylation is 1. The van der Waals surface area contributed by atoms with E-state index in [4.69, 9.17) is 5.11 Å². The number of carbonyl (C=O) groups excluding carboxylic acids is 1. The molecule has 0 fully saturated rings. The predicted molar refractivity (Wildman–Crippen MR) is 94.7 cm³/mol. The highest BCUT2D eigenvalue weighted by molar-refractivity contribution is 7.89. The Balaban J connectivity index is 2.67. The molecule has 7 nitrogen and oxygen atoms in total. The zero-order chi connectivity index (χ0) is 19.0. The minimum atomic E-state index is -3.47. The van der Waals surface area contributed by atoms with Crippen LogP contribution < -0.4 is 4.72 Å². The molecule has 0 unspecified atom stereocenters. The lowest BCUT2D eigenvalue weighted by Gasteiger charge is -2.24. The first-order valence-electron chi connectivity index (χ1n) is 8.17. The molecule has 0 atom stereocenters. The highest BCUT2D eigenvalue weighted by Crippen LogP contribution is 2.12. The van der Waals surface area contributed by atoms with E-state index in [1.807, 2.05) is 13.8 Å². The number of hydrogen-bond acceptors (Lipinski definition) is 4. The van der Waals surface area contributed by atoms with Gasteiger partial charge in [0.1, 0.15) is 0 Å². The second-order valence-electron chi connectivity index (χ2n) is 6.23. The van der Waals surface area contributed by atoms with Crippen molar-refractivity contribution in [3.63, 3.8) is 0 Å². The molecule has 1 aromatic carbocycles. The van der Waals surface area contributed by atoms with Crippen molar-refractivity contribution in [2.24, 2.45) is 5.92 Å². The number of benzene rings is 1. The monoisotopic (exact) mass is 370 g/mol. The van der Waals surface area contributed by atoms with Gasteiger partial charge in [0.2, 0.25) is 15.9 Å². The summed E-state index contributed by atoms with van der Waals surface area (Å²) in [6.07, 6.45) is 0.653. The third-order valence-corrected chi connectivity index (χ3v) is 5.09. The van der Waals surface area contributed by atoms with E-state index in [2.05, 4.69) is 4.72 Å². The summed E-state index contributed by atoms with van der Waals surface area (Å²) in [6, 6.07) is 6.37. The average Bonchev–Trinajstić information content (AvgIpc) is 2.56. The lowest BCUT2D eigenvalue weighted by Crippen LogP contribution is -2.36. The van der Waals surface area contributed by atoms with Crippen LogP contribution in [0.5, 0.6) is 0 Å². The first-order valence-corrected chi connectivity index (χ1v) is 9.66. The van der Waals surface area contributed by atoms with Crippen LogP contribution in [0, 0.1) is 5.92 Å². The van der Waals surface area contributed by atoms with Crippen LogP contribution in [-0.2, 0) is 26.0 Å². The number of nitrogens with one attached hydrogen (secondary N) is 1. The number of carboxylic acids is 1. The molecule has 0 aromatic heterocycles. The topological polar surface area (TPSA) is 104 Å². The molecule has 0 radical (unpaired) electrons. The Morgan fingerprint density at radius 3 is 2.24 bits per heavy atom. The van der Waals surface area contributed by atoms with Gasteiger partial charge in [0.05, 0.1) is 11.3 Å². The summed E-state index contributed by atoms with van der Waals surface area (Å²) < 4.78 is 25.6. The maximum atomic E-state index is 12.4. The smallest absolute Gasteiger partial charge is 0.305 e. The van der Waals surface area contributed by atoms with Gasteiger partial charge in [-0.05, 0) is 37.1 Å². The molecule has 1 amide bonds. The predicted octanol–water partition coefficient (Wildman–Crippen LogP) is 1.49. The summed E-state index contributed by atoms with van der Waals surface area (Å²) in [5.74, 6) is -0.770. The van der Waals surface area contributed by atoms with Gasteiger partial charge in [0.25, 0.3) is 0 Å². The van der Waals surface area contributed by atoms with Crippen molar-refractivity contribution in [1.29, 1.82) is 0 Å². The number of hydrogen-bond donors (Lipinski definition) is 2. The Morgan fingerprint density at radius 2 is 1.76 bits per heavy atom. The summed E-state index contributed by atoms with van der Waals surface area (Å²) in [6.45, 7) is 4.67. The van der Waals surface area contributed by atoms with Crippen LogP contribution in [-0.4, -0.2) is 50.4 Å². The number of carbonyl (C=O) groups is 2. The Morgan fingerprint density at radius 1 is 1.16 bits per heavy atom. The van der Waals surface area contributed by atoms with Crippen molar-refractivity contribution < 1.29 is 23.1 Å². The van der Waals surface area contributed by atoms with Gasteiger partial charge in [0, 0.05) is 19.5 Å². The second-order valence-corrected chi connectivity index (χ2v) is 8.12. The van der Waals surface area contributed by atoms with Crippen molar-refractivity contribution in [3.8, 4) is 0 Å². The average molecular weight is 370 g/mol.